The van der Waals surface area contributed by atoms with Crippen molar-refractivity contribution >= 4 is 46.0 Å². The van der Waals surface area contributed by atoms with Crippen LogP contribution in [0.5, 0.6) is 0 Å². The molecule has 0 aliphatic carbocycles. The van der Waals surface area contributed by atoms with Crippen LogP contribution in [0.15, 0.2) is 50.6 Å². The monoisotopic (exact) mass is 310 g/mol. The smallest absolute Gasteiger partial charge is 0.210 e. The largest absolute Gasteiger partial charge is 0.439 e. The van der Waals surface area contributed by atoms with Gasteiger partial charge in [0.2, 0.25) is 11.3 Å². The van der Waals surface area contributed by atoms with Gasteiger partial charge in [-0.15, -0.1) is 0 Å². The van der Waals surface area contributed by atoms with Crippen molar-refractivity contribution in [2.75, 3.05) is 5.32 Å². The van der Waals surface area contributed by atoms with Crippen molar-refractivity contribution in [3.05, 3.63) is 62.8 Å². The number of nitrogens with zero attached hydrogens (tertiary/aromatic N) is 1. The van der Waals surface area contributed by atoms with E-state index >= 15 is 0 Å². The van der Waals surface area contributed by atoms with E-state index < -0.39 is 0 Å². The Morgan fingerprint density at radius 3 is 2.86 bits per heavy atom. The number of fused-ring (bicyclic) bond motifs is 3. The molecule has 0 spiro atoms. The zero-order chi connectivity index (χ0) is 15.3. The lowest BCUT2D eigenvalue weighted by Gasteiger charge is -2.10. The third kappa shape index (κ3) is 1.84. The predicted molar refractivity (Wildman–Crippen MR) is 89.2 cm³/mol. The van der Waals surface area contributed by atoms with Crippen molar-refractivity contribution in [3.8, 4) is 0 Å². The number of halogens is 1. The highest BCUT2D eigenvalue weighted by molar-refractivity contribution is 6.32. The summed E-state index contributed by atoms with van der Waals surface area (Å²) >= 11 is 6.12. The van der Waals surface area contributed by atoms with Gasteiger partial charge in [-0.3, -0.25) is 9.79 Å². The van der Waals surface area contributed by atoms with Crippen LogP contribution in [0.2, 0.25) is 5.02 Å². The summed E-state index contributed by atoms with van der Waals surface area (Å²) in [4.78, 5) is 17.2. The molecule has 0 saturated heterocycles. The summed E-state index contributed by atoms with van der Waals surface area (Å²) in [6.45, 7) is 1.81. The van der Waals surface area contributed by atoms with E-state index in [4.69, 9.17) is 16.0 Å². The quantitative estimate of drug-likeness (QED) is 0.518. The number of nitrogens with one attached hydrogen (secondary N) is 1. The van der Waals surface area contributed by atoms with Gasteiger partial charge in [0.15, 0.2) is 0 Å². The van der Waals surface area contributed by atoms with Gasteiger partial charge in [-0.2, -0.15) is 0 Å². The van der Waals surface area contributed by atoms with E-state index in [2.05, 4.69) is 10.3 Å². The first-order chi connectivity index (χ1) is 10.6. The number of hydrogen-bond donors (Lipinski definition) is 1. The molecule has 1 aliphatic heterocycles. The van der Waals surface area contributed by atoms with Crippen LogP contribution in [0.3, 0.4) is 0 Å². The minimum absolute atomic E-state index is 0.139. The number of anilines is 2. The Morgan fingerprint density at radius 2 is 2.00 bits per heavy atom. The fourth-order valence-electron chi connectivity index (χ4n) is 2.59. The summed E-state index contributed by atoms with van der Waals surface area (Å²) in [6, 6.07) is 11.0. The van der Waals surface area contributed by atoms with Crippen molar-refractivity contribution in [2.24, 2.45) is 4.99 Å². The average molecular weight is 311 g/mol. The first kappa shape index (κ1) is 13.1. The molecule has 1 aliphatic rings. The van der Waals surface area contributed by atoms with Crippen molar-refractivity contribution in [1.82, 2.24) is 0 Å². The molecule has 0 atom stereocenters. The number of hydrogen-bond acceptors (Lipinski definition) is 4. The first-order valence-electron chi connectivity index (χ1n) is 6.81. The van der Waals surface area contributed by atoms with E-state index in [1.54, 1.807) is 18.3 Å². The molecule has 3 aromatic rings. The molecule has 2 aromatic carbocycles. The van der Waals surface area contributed by atoms with Gasteiger partial charge in [0, 0.05) is 11.2 Å². The molecule has 0 radical (unpaired) electrons. The molecule has 4 rings (SSSR count). The van der Waals surface area contributed by atoms with E-state index in [0.29, 0.717) is 33.0 Å². The molecule has 0 unspecified atom stereocenters. The van der Waals surface area contributed by atoms with Gasteiger partial charge in [-0.1, -0.05) is 23.7 Å². The summed E-state index contributed by atoms with van der Waals surface area (Å²) in [6.07, 6.45) is 1.54. The Kier molecular flexibility index (Phi) is 2.81. The van der Waals surface area contributed by atoms with E-state index in [1.165, 1.54) is 0 Å². The van der Waals surface area contributed by atoms with Crippen LogP contribution >= 0.6 is 11.6 Å². The zero-order valence-electron chi connectivity index (χ0n) is 11.7. The Bertz CT molecular complexity index is 1010. The minimum atomic E-state index is -0.139. The summed E-state index contributed by atoms with van der Waals surface area (Å²) in [5.74, 6) is 0.396. The molecule has 108 valence electrons. The number of benzene rings is 2. The van der Waals surface area contributed by atoms with Gasteiger partial charge in [0.1, 0.15) is 11.1 Å². The number of para-hydroxylation sites is 2. The van der Waals surface area contributed by atoms with Gasteiger partial charge < -0.3 is 9.73 Å². The Hall–Kier alpha value is -2.59. The van der Waals surface area contributed by atoms with Gasteiger partial charge in [-0.25, -0.2) is 0 Å². The lowest BCUT2D eigenvalue weighted by atomic mass is 10.1. The second kappa shape index (κ2) is 4.71. The molecular weight excluding hydrogens is 300 g/mol. The molecule has 0 fully saturated rings. The van der Waals surface area contributed by atoms with E-state index in [9.17, 15) is 4.79 Å². The fraction of sp³-hybridized carbons (Fsp3) is 0.0588. The van der Waals surface area contributed by atoms with Gasteiger partial charge in [0.05, 0.1) is 16.8 Å². The van der Waals surface area contributed by atoms with Crippen LogP contribution < -0.4 is 10.7 Å². The normalized spacial score (nSPS) is 12.5. The SMILES string of the molecule is Cc1c(Cl)ccc2oc3c(c(=O)c12)C=Nc1ccccc1N3. The number of aryl methyl sites for hydroxylation is 1. The molecule has 0 saturated carbocycles. The van der Waals surface area contributed by atoms with Gasteiger partial charge in [-0.05, 0) is 36.8 Å². The van der Waals surface area contributed by atoms with E-state index in [-0.39, 0.29) is 5.43 Å². The van der Waals surface area contributed by atoms with Crippen molar-refractivity contribution in [2.45, 2.75) is 6.92 Å². The standard InChI is InChI=1S/C17H11ClN2O2/c1-9-11(18)6-7-14-15(9)16(21)10-8-19-12-4-2-3-5-13(12)20-17(10)22-14/h2-8,20H,1H3. The summed E-state index contributed by atoms with van der Waals surface area (Å²) < 4.78 is 5.88. The van der Waals surface area contributed by atoms with Crippen LogP contribution in [-0.2, 0) is 0 Å². The lowest BCUT2D eigenvalue weighted by Crippen LogP contribution is -2.12. The minimum Gasteiger partial charge on any atom is -0.439 e. The third-order valence-electron chi connectivity index (χ3n) is 3.77. The molecule has 4 nitrogen and oxygen atoms in total. The highest BCUT2D eigenvalue weighted by Gasteiger charge is 2.18. The van der Waals surface area contributed by atoms with E-state index in [1.807, 2.05) is 31.2 Å². The second-order valence-electron chi connectivity index (χ2n) is 5.12. The van der Waals surface area contributed by atoms with Crippen LogP contribution in [0, 0.1) is 6.92 Å². The highest BCUT2D eigenvalue weighted by atomic mass is 35.5. The van der Waals surface area contributed by atoms with Crippen molar-refractivity contribution < 1.29 is 4.42 Å². The molecule has 0 amide bonds. The van der Waals surface area contributed by atoms with Crippen LogP contribution in [0.25, 0.3) is 11.0 Å². The molecule has 2 heterocycles. The van der Waals surface area contributed by atoms with Crippen molar-refractivity contribution in [1.29, 1.82) is 0 Å². The molecule has 22 heavy (non-hydrogen) atoms. The number of rotatable bonds is 0. The van der Waals surface area contributed by atoms with Gasteiger partial charge >= 0.3 is 0 Å². The second-order valence-corrected chi connectivity index (χ2v) is 5.53. The molecule has 5 heteroatoms. The maximum absolute atomic E-state index is 12.8. The Balaban J connectivity index is 2.07. The van der Waals surface area contributed by atoms with E-state index in [0.717, 1.165) is 11.4 Å². The average Bonchev–Trinajstić information content (AvgIpc) is 2.70. The van der Waals surface area contributed by atoms with Crippen LogP contribution in [0.4, 0.5) is 17.3 Å². The summed E-state index contributed by atoms with van der Waals surface area (Å²) in [5, 5.41) is 4.18. The van der Waals surface area contributed by atoms with Crippen LogP contribution in [0.1, 0.15) is 11.1 Å². The molecule has 1 aromatic heterocycles. The molecule has 1 N–H and O–H groups in total. The van der Waals surface area contributed by atoms with Crippen molar-refractivity contribution in [3.63, 3.8) is 0 Å². The topological polar surface area (TPSA) is 54.6 Å². The van der Waals surface area contributed by atoms with Gasteiger partial charge in [0.25, 0.3) is 0 Å². The summed E-state index contributed by atoms with van der Waals surface area (Å²) in [7, 11) is 0. The maximum atomic E-state index is 12.8. The zero-order valence-corrected chi connectivity index (χ0v) is 12.4. The van der Waals surface area contributed by atoms with Crippen LogP contribution in [-0.4, -0.2) is 6.21 Å². The maximum Gasteiger partial charge on any atom is 0.210 e. The Morgan fingerprint density at radius 1 is 1.18 bits per heavy atom. The number of aliphatic imine (C=N–C) groups is 1. The molecular formula is C17H11ClN2O2. The predicted octanol–water partition coefficient (Wildman–Crippen LogP) is 4.56. The highest BCUT2D eigenvalue weighted by Crippen LogP contribution is 2.33. The Labute approximate surface area is 131 Å². The fourth-order valence-corrected chi connectivity index (χ4v) is 2.75. The molecule has 0 bridgehead atoms. The lowest BCUT2D eigenvalue weighted by molar-refractivity contribution is 0.621. The summed E-state index contributed by atoms with van der Waals surface area (Å²) in [5.41, 5.74) is 3.03. The third-order valence-corrected chi connectivity index (χ3v) is 4.18. The first-order valence-corrected chi connectivity index (χ1v) is 7.19.